The minimum absolute atomic E-state index is 0.436. The lowest BCUT2D eigenvalue weighted by Crippen LogP contribution is -2.41. The first-order valence-electron chi connectivity index (χ1n) is 9.62. The summed E-state index contributed by atoms with van der Waals surface area (Å²) in [4.78, 5) is 25.9. The molecule has 2 aromatic carbocycles. The zero-order valence-electron chi connectivity index (χ0n) is 15.8. The summed E-state index contributed by atoms with van der Waals surface area (Å²) < 4.78 is 5.86. The van der Waals surface area contributed by atoms with E-state index in [9.17, 15) is 9.59 Å². The Hall–Kier alpha value is -3.15. The number of ether oxygens (including phenoxy) is 1. The highest BCUT2D eigenvalue weighted by atomic mass is 16.5. The van der Waals surface area contributed by atoms with Crippen molar-refractivity contribution in [2.75, 3.05) is 13.1 Å². The Kier molecular flexibility index (Phi) is 7.18. The van der Waals surface area contributed by atoms with E-state index in [1.165, 1.54) is 6.21 Å². The molecule has 1 fully saturated rings. The molecule has 1 heterocycles. The number of para-hydroxylation sites is 1. The molecule has 6 heteroatoms. The molecule has 6 nitrogen and oxygen atoms in total. The second-order valence-electron chi connectivity index (χ2n) is 6.72. The van der Waals surface area contributed by atoms with Gasteiger partial charge in [0.2, 0.25) is 0 Å². The first-order valence-corrected chi connectivity index (χ1v) is 9.62. The lowest BCUT2D eigenvalue weighted by atomic mass is 10.2. The van der Waals surface area contributed by atoms with Gasteiger partial charge in [-0.2, -0.15) is 5.10 Å². The number of hydrogen-bond acceptors (Lipinski definition) is 4. The summed E-state index contributed by atoms with van der Waals surface area (Å²) in [5.41, 5.74) is 4.12. The van der Waals surface area contributed by atoms with Gasteiger partial charge in [0.15, 0.2) is 0 Å². The van der Waals surface area contributed by atoms with E-state index in [0.717, 1.165) is 36.8 Å². The average molecular weight is 379 g/mol. The van der Waals surface area contributed by atoms with Gasteiger partial charge in [-0.3, -0.25) is 9.59 Å². The maximum absolute atomic E-state index is 12.2. The van der Waals surface area contributed by atoms with Crippen LogP contribution < -0.4 is 10.2 Å². The predicted molar refractivity (Wildman–Crippen MR) is 108 cm³/mol. The molecule has 0 unspecified atom stereocenters. The van der Waals surface area contributed by atoms with Crippen molar-refractivity contribution in [2.45, 2.75) is 32.3 Å². The molecule has 0 radical (unpaired) electrons. The monoisotopic (exact) mass is 379 g/mol. The van der Waals surface area contributed by atoms with Crippen molar-refractivity contribution in [1.29, 1.82) is 0 Å². The summed E-state index contributed by atoms with van der Waals surface area (Å²) in [6.45, 7) is 1.70. The van der Waals surface area contributed by atoms with Crippen LogP contribution in [-0.4, -0.2) is 36.0 Å². The second-order valence-corrected chi connectivity index (χ2v) is 6.72. The summed E-state index contributed by atoms with van der Waals surface area (Å²) in [7, 11) is 0. The van der Waals surface area contributed by atoms with E-state index in [0.29, 0.717) is 25.4 Å². The maximum atomic E-state index is 12.2. The molecule has 0 atom stereocenters. The first kappa shape index (κ1) is 19.6. The Morgan fingerprint density at radius 1 is 0.964 bits per heavy atom. The Morgan fingerprint density at radius 2 is 1.64 bits per heavy atom. The van der Waals surface area contributed by atoms with Gasteiger partial charge in [0.1, 0.15) is 12.4 Å². The highest BCUT2D eigenvalue weighted by molar-refractivity contribution is 6.35. The average Bonchev–Trinajstić information content (AvgIpc) is 3.02. The molecule has 28 heavy (non-hydrogen) atoms. The minimum Gasteiger partial charge on any atom is -0.488 e. The number of benzene rings is 2. The summed E-state index contributed by atoms with van der Waals surface area (Å²) in [6, 6.07) is 17.3. The molecule has 0 saturated carbocycles. The third-order valence-electron chi connectivity index (χ3n) is 4.61. The quantitative estimate of drug-likeness (QED) is 0.493. The molecule has 2 aromatic rings. The van der Waals surface area contributed by atoms with Crippen LogP contribution in [-0.2, 0) is 16.2 Å². The Morgan fingerprint density at radius 3 is 2.39 bits per heavy atom. The van der Waals surface area contributed by atoms with Gasteiger partial charge >= 0.3 is 11.8 Å². The maximum Gasteiger partial charge on any atom is 0.329 e. The molecule has 1 aliphatic heterocycles. The van der Waals surface area contributed by atoms with Crippen LogP contribution in [0.4, 0.5) is 0 Å². The molecule has 1 N–H and O–H groups in total. The van der Waals surface area contributed by atoms with Crippen molar-refractivity contribution in [1.82, 2.24) is 10.3 Å². The van der Waals surface area contributed by atoms with Crippen LogP contribution in [0.3, 0.4) is 0 Å². The fourth-order valence-corrected chi connectivity index (χ4v) is 3.08. The van der Waals surface area contributed by atoms with Crippen LogP contribution in [0, 0.1) is 0 Å². The molecule has 0 aliphatic carbocycles. The van der Waals surface area contributed by atoms with Gasteiger partial charge in [-0.1, -0.05) is 55.3 Å². The van der Waals surface area contributed by atoms with Gasteiger partial charge in [-0.25, -0.2) is 5.43 Å². The molecule has 1 saturated heterocycles. The predicted octanol–water partition coefficient (Wildman–Crippen LogP) is 3.12. The fourth-order valence-electron chi connectivity index (χ4n) is 3.08. The zero-order valence-corrected chi connectivity index (χ0v) is 15.8. The van der Waals surface area contributed by atoms with Crippen LogP contribution >= 0.6 is 0 Å². The molecule has 0 bridgehead atoms. The highest BCUT2D eigenvalue weighted by Crippen LogP contribution is 2.17. The number of carbonyl (C=O) groups is 2. The molecule has 2 amide bonds. The number of hydrogen-bond donors (Lipinski definition) is 1. The Bertz CT molecular complexity index is 813. The summed E-state index contributed by atoms with van der Waals surface area (Å²) in [5.74, 6) is -0.573. The lowest BCUT2D eigenvalue weighted by molar-refractivity contribution is -0.145. The summed E-state index contributed by atoms with van der Waals surface area (Å²) >= 11 is 0. The molecule has 1 aliphatic rings. The van der Waals surface area contributed by atoms with Crippen LogP contribution in [0.1, 0.15) is 36.8 Å². The minimum atomic E-state index is -0.708. The number of nitrogens with one attached hydrogen (secondary N) is 1. The van der Waals surface area contributed by atoms with Crippen molar-refractivity contribution in [3.8, 4) is 5.75 Å². The van der Waals surface area contributed by atoms with Gasteiger partial charge in [0.05, 0.1) is 6.21 Å². The van der Waals surface area contributed by atoms with Crippen molar-refractivity contribution in [3.05, 3.63) is 65.7 Å². The van der Waals surface area contributed by atoms with Crippen LogP contribution in [0.25, 0.3) is 0 Å². The van der Waals surface area contributed by atoms with E-state index < -0.39 is 11.8 Å². The van der Waals surface area contributed by atoms with Gasteiger partial charge < -0.3 is 9.64 Å². The van der Waals surface area contributed by atoms with E-state index >= 15 is 0 Å². The third-order valence-corrected chi connectivity index (χ3v) is 4.61. The zero-order chi connectivity index (χ0) is 19.6. The Labute approximate surface area is 165 Å². The number of hydrazone groups is 1. The highest BCUT2D eigenvalue weighted by Gasteiger charge is 2.22. The summed E-state index contributed by atoms with van der Waals surface area (Å²) in [5, 5.41) is 3.94. The number of rotatable bonds is 5. The number of carbonyl (C=O) groups excluding carboxylic acids is 2. The topological polar surface area (TPSA) is 71.0 Å². The summed E-state index contributed by atoms with van der Waals surface area (Å²) in [6.07, 6.45) is 5.57. The second kappa shape index (κ2) is 10.3. The molecular formula is C22H25N3O3. The van der Waals surface area contributed by atoms with E-state index in [1.54, 1.807) is 4.90 Å². The smallest absolute Gasteiger partial charge is 0.329 e. The van der Waals surface area contributed by atoms with Gasteiger partial charge in [-0.05, 0) is 30.5 Å². The molecule has 146 valence electrons. The van der Waals surface area contributed by atoms with E-state index in [2.05, 4.69) is 10.5 Å². The van der Waals surface area contributed by atoms with Crippen LogP contribution in [0.2, 0.25) is 0 Å². The molecule has 0 spiro atoms. The normalized spacial score (nSPS) is 14.5. The van der Waals surface area contributed by atoms with Crippen molar-refractivity contribution in [2.24, 2.45) is 5.10 Å². The third kappa shape index (κ3) is 5.67. The molecule has 3 rings (SSSR count). The first-order chi connectivity index (χ1) is 13.7. The van der Waals surface area contributed by atoms with Crippen LogP contribution in [0.5, 0.6) is 5.75 Å². The van der Waals surface area contributed by atoms with E-state index in [-0.39, 0.29) is 0 Å². The van der Waals surface area contributed by atoms with Gasteiger partial charge in [0.25, 0.3) is 0 Å². The van der Waals surface area contributed by atoms with E-state index in [1.807, 2.05) is 54.6 Å². The number of likely N-dealkylation sites (tertiary alicyclic amines) is 1. The lowest BCUT2D eigenvalue weighted by Gasteiger charge is -2.18. The molecular weight excluding hydrogens is 354 g/mol. The van der Waals surface area contributed by atoms with Gasteiger partial charge in [0, 0.05) is 18.7 Å². The fraction of sp³-hybridized carbons (Fsp3) is 0.318. The van der Waals surface area contributed by atoms with Crippen LogP contribution in [0.15, 0.2) is 59.7 Å². The van der Waals surface area contributed by atoms with Gasteiger partial charge in [-0.15, -0.1) is 0 Å². The SMILES string of the molecule is O=C(N/N=C/c1ccccc1OCc1ccccc1)C(=O)N1CCCCCC1. The standard InChI is InChI=1S/C22H25N3O3/c26-21(22(27)25-14-8-1-2-9-15-25)24-23-16-19-12-6-7-13-20(19)28-17-18-10-4-3-5-11-18/h3-7,10-13,16H,1-2,8-9,14-15,17H2,(H,24,26)/b23-16+. The molecule has 0 aromatic heterocycles. The van der Waals surface area contributed by atoms with Crippen molar-refractivity contribution < 1.29 is 14.3 Å². The number of nitrogens with zero attached hydrogens (tertiary/aromatic N) is 2. The number of amides is 2. The van der Waals surface area contributed by atoms with Crippen molar-refractivity contribution >= 4 is 18.0 Å². The largest absolute Gasteiger partial charge is 0.488 e. The van der Waals surface area contributed by atoms with Crippen molar-refractivity contribution in [3.63, 3.8) is 0 Å². The van der Waals surface area contributed by atoms with E-state index in [4.69, 9.17) is 4.74 Å². The Balaban J connectivity index is 1.56.